The highest BCUT2D eigenvalue weighted by Gasteiger charge is 2.40. The van der Waals surface area contributed by atoms with E-state index in [9.17, 15) is 9.59 Å². The Morgan fingerprint density at radius 2 is 2.00 bits per heavy atom. The second-order valence-electron chi connectivity index (χ2n) is 6.10. The molecule has 110 valence electrons. The largest absolute Gasteiger partial charge is 0.458 e. The first-order valence-corrected chi connectivity index (χ1v) is 7.01. The smallest absolute Gasteiger partial charge is 0.331 e. The Morgan fingerprint density at radius 3 is 2.53 bits per heavy atom. The fraction of sp³-hybridized carbons (Fsp3) is 0.857. The third-order valence-electron chi connectivity index (χ3n) is 3.14. The number of nitrogens with zero attached hydrogens (tertiary/aromatic N) is 2. The molecule has 1 aliphatic rings. The van der Waals surface area contributed by atoms with Crippen LogP contribution in [0.4, 0.5) is 4.79 Å². The van der Waals surface area contributed by atoms with E-state index in [0.29, 0.717) is 6.54 Å². The predicted molar refractivity (Wildman–Crippen MR) is 73.9 cm³/mol. The average Bonchev–Trinajstić information content (AvgIpc) is 2.55. The molecule has 1 heterocycles. The molecule has 0 spiro atoms. The number of rotatable bonds is 5. The molecule has 0 aromatic heterocycles. The number of hydrogen-bond acceptors (Lipinski definition) is 3. The molecular formula is C14H26N2O3. The van der Waals surface area contributed by atoms with Gasteiger partial charge in [-0.2, -0.15) is 0 Å². The highest BCUT2D eigenvalue weighted by atomic mass is 16.6. The average molecular weight is 270 g/mol. The predicted octanol–water partition coefficient (Wildman–Crippen LogP) is 2.25. The van der Waals surface area contributed by atoms with Crippen molar-refractivity contribution in [2.24, 2.45) is 0 Å². The van der Waals surface area contributed by atoms with Gasteiger partial charge in [-0.05, 0) is 27.2 Å². The molecular weight excluding hydrogens is 244 g/mol. The van der Waals surface area contributed by atoms with E-state index in [2.05, 4.69) is 6.92 Å². The van der Waals surface area contributed by atoms with Gasteiger partial charge in [0.05, 0.1) is 6.54 Å². The quantitative estimate of drug-likeness (QED) is 0.568. The molecule has 0 aromatic rings. The number of hydrogen-bond donors (Lipinski definition) is 0. The molecule has 19 heavy (non-hydrogen) atoms. The molecule has 0 saturated carbocycles. The zero-order valence-corrected chi connectivity index (χ0v) is 12.7. The van der Waals surface area contributed by atoms with E-state index >= 15 is 0 Å². The van der Waals surface area contributed by atoms with Crippen molar-refractivity contribution >= 4 is 12.0 Å². The highest BCUT2D eigenvalue weighted by molar-refractivity contribution is 5.87. The van der Waals surface area contributed by atoms with Crippen molar-refractivity contribution in [3.63, 3.8) is 0 Å². The summed E-state index contributed by atoms with van der Waals surface area (Å²) in [5, 5.41) is 0. The second-order valence-corrected chi connectivity index (χ2v) is 6.10. The molecule has 0 N–H and O–H groups in total. The van der Waals surface area contributed by atoms with Gasteiger partial charge in [-0.15, -0.1) is 0 Å². The number of carbonyl (C=O) groups is 2. The van der Waals surface area contributed by atoms with Crippen molar-refractivity contribution in [1.82, 2.24) is 9.80 Å². The third kappa shape index (κ3) is 4.40. The summed E-state index contributed by atoms with van der Waals surface area (Å²) in [6, 6.07) is -0.555. The number of esters is 1. The van der Waals surface area contributed by atoms with Gasteiger partial charge >= 0.3 is 12.0 Å². The Labute approximate surface area is 115 Å². The topological polar surface area (TPSA) is 49.9 Å². The van der Waals surface area contributed by atoms with E-state index in [-0.39, 0.29) is 12.0 Å². The summed E-state index contributed by atoms with van der Waals surface area (Å²) in [4.78, 5) is 27.3. The Morgan fingerprint density at radius 1 is 1.37 bits per heavy atom. The lowest BCUT2D eigenvalue weighted by Gasteiger charge is -2.24. The van der Waals surface area contributed by atoms with E-state index in [0.717, 1.165) is 25.8 Å². The molecule has 0 aliphatic carbocycles. The normalized spacial score (nSPS) is 20.1. The zero-order chi connectivity index (χ0) is 14.6. The van der Waals surface area contributed by atoms with Gasteiger partial charge in [0.15, 0.2) is 0 Å². The number of amides is 2. The first kappa shape index (κ1) is 15.8. The number of unbranched alkanes of at least 4 members (excludes halogenated alkanes) is 2. The minimum atomic E-state index is -0.517. The van der Waals surface area contributed by atoms with Crippen LogP contribution >= 0.6 is 0 Å². The summed E-state index contributed by atoms with van der Waals surface area (Å²) >= 11 is 0. The first-order valence-electron chi connectivity index (χ1n) is 7.01. The summed E-state index contributed by atoms with van der Waals surface area (Å²) in [6.07, 6.45) is 3.20. The maximum absolute atomic E-state index is 12.0. The SMILES string of the molecule is CCCCCN1C[C@@H](C(=O)OC(C)(C)C)N(C)C1=O. The van der Waals surface area contributed by atoms with E-state index < -0.39 is 11.6 Å². The van der Waals surface area contributed by atoms with Gasteiger partial charge in [0.25, 0.3) is 0 Å². The molecule has 5 heteroatoms. The van der Waals surface area contributed by atoms with Gasteiger partial charge < -0.3 is 14.5 Å². The Balaban J connectivity index is 2.57. The maximum atomic E-state index is 12.0. The van der Waals surface area contributed by atoms with Crippen molar-refractivity contribution < 1.29 is 14.3 Å². The molecule has 5 nitrogen and oxygen atoms in total. The lowest BCUT2D eigenvalue weighted by molar-refractivity contribution is -0.159. The van der Waals surface area contributed by atoms with Crippen LogP contribution in [0.2, 0.25) is 0 Å². The van der Waals surface area contributed by atoms with Crippen LogP contribution in [0.5, 0.6) is 0 Å². The minimum absolute atomic E-state index is 0.0769. The van der Waals surface area contributed by atoms with Crippen molar-refractivity contribution in [1.29, 1.82) is 0 Å². The number of ether oxygens (including phenoxy) is 1. The van der Waals surface area contributed by atoms with Crippen LogP contribution in [0, 0.1) is 0 Å². The summed E-state index contributed by atoms with van der Waals surface area (Å²) < 4.78 is 5.35. The molecule has 1 aliphatic heterocycles. The van der Waals surface area contributed by atoms with Crippen LogP contribution in [0.1, 0.15) is 47.0 Å². The third-order valence-corrected chi connectivity index (χ3v) is 3.14. The van der Waals surface area contributed by atoms with Crippen LogP contribution in [0.15, 0.2) is 0 Å². The summed E-state index contributed by atoms with van der Waals surface area (Å²) in [7, 11) is 1.66. The van der Waals surface area contributed by atoms with E-state index in [1.54, 1.807) is 11.9 Å². The molecule has 0 unspecified atom stereocenters. The molecule has 1 rings (SSSR count). The van der Waals surface area contributed by atoms with Crippen molar-refractivity contribution in [3.05, 3.63) is 0 Å². The van der Waals surface area contributed by atoms with Crippen molar-refractivity contribution in [2.75, 3.05) is 20.1 Å². The molecule has 0 radical (unpaired) electrons. The Kier molecular flexibility index (Phi) is 5.20. The summed E-state index contributed by atoms with van der Waals surface area (Å²) in [5.74, 6) is -0.318. The molecule has 1 fully saturated rings. The second kappa shape index (κ2) is 6.26. The highest BCUT2D eigenvalue weighted by Crippen LogP contribution is 2.18. The van der Waals surface area contributed by atoms with Gasteiger partial charge in [0.1, 0.15) is 11.6 Å². The first-order chi connectivity index (χ1) is 8.76. The Bertz CT molecular complexity index is 336. The minimum Gasteiger partial charge on any atom is -0.458 e. The molecule has 1 atom stereocenters. The Hall–Kier alpha value is -1.26. The van der Waals surface area contributed by atoms with Crippen LogP contribution in [0.3, 0.4) is 0 Å². The van der Waals surface area contributed by atoms with Crippen LogP contribution < -0.4 is 0 Å². The van der Waals surface area contributed by atoms with Gasteiger partial charge in [-0.25, -0.2) is 9.59 Å². The maximum Gasteiger partial charge on any atom is 0.331 e. The summed E-state index contributed by atoms with van der Waals surface area (Å²) in [5.41, 5.74) is -0.517. The van der Waals surface area contributed by atoms with Crippen LogP contribution in [-0.2, 0) is 9.53 Å². The lowest BCUT2D eigenvalue weighted by Crippen LogP contribution is -2.40. The van der Waals surface area contributed by atoms with Crippen molar-refractivity contribution in [2.45, 2.75) is 58.6 Å². The van der Waals surface area contributed by atoms with Gasteiger partial charge in [0, 0.05) is 13.6 Å². The number of carbonyl (C=O) groups excluding carboxylic acids is 2. The number of likely N-dealkylation sites (N-methyl/N-ethyl adjacent to an activating group) is 1. The lowest BCUT2D eigenvalue weighted by atomic mass is 10.2. The van der Waals surface area contributed by atoms with Gasteiger partial charge in [-0.1, -0.05) is 19.8 Å². The van der Waals surface area contributed by atoms with E-state index in [4.69, 9.17) is 4.74 Å². The molecule has 1 saturated heterocycles. The van der Waals surface area contributed by atoms with Gasteiger partial charge in [0.2, 0.25) is 0 Å². The fourth-order valence-corrected chi connectivity index (χ4v) is 2.11. The zero-order valence-electron chi connectivity index (χ0n) is 12.7. The van der Waals surface area contributed by atoms with Crippen LogP contribution in [0.25, 0.3) is 0 Å². The molecule has 0 aromatic carbocycles. The van der Waals surface area contributed by atoms with Crippen LogP contribution in [-0.4, -0.2) is 53.6 Å². The van der Waals surface area contributed by atoms with Gasteiger partial charge in [-0.3, -0.25) is 0 Å². The fourth-order valence-electron chi connectivity index (χ4n) is 2.11. The molecule has 0 bridgehead atoms. The molecule has 2 amide bonds. The standard InChI is InChI=1S/C14H26N2O3/c1-6-7-8-9-16-10-11(15(5)13(16)18)12(17)19-14(2,3)4/h11H,6-10H2,1-5H3/t11-/m0/s1. The van der Waals surface area contributed by atoms with E-state index in [1.165, 1.54) is 4.90 Å². The number of urea groups is 1. The summed E-state index contributed by atoms with van der Waals surface area (Å²) in [6.45, 7) is 8.79. The van der Waals surface area contributed by atoms with Crippen molar-refractivity contribution in [3.8, 4) is 0 Å². The van der Waals surface area contributed by atoms with E-state index in [1.807, 2.05) is 20.8 Å². The monoisotopic (exact) mass is 270 g/mol.